The van der Waals surface area contributed by atoms with Crippen LogP contribution in [0.25, 0.3) is 23.3 Å². The Balaban J connectivity index is 1.11. The third kappa shape index (κ3) is 8.99. The van der Waals surface area contributed by atoms with Crippen LogP contribution in [0.5, 0.6) is 0 Å². The first-order chi connectivity index (χ1) is 33.1. The molecule has 7 aromatic rings. The standard InChI is InChI=1S/C60H38N6O/c61-39-46(40-62)58-56-23-13-14-24-57(56)59(47(41-63)42-64)60(58)45-37-54(35-29-43-25-31-52(32-26-43)65(48-15-5-1-6-16-48)49-17-7-2-8-18-49)67-55(38-45)36-30-44-27-33-53(34-28-44)66(50-19-9-3-10-20-50)51-21-11-4-12-22-51/h1-38H/b35-29+,36-30+. The number of ether oxygens (including phenoxy) is 1. The van der Waals surface area contributed by atoms with Gasteiger partial charge in [0.2, 0.25) is 0 Å². The molecule has 0 unspecified atom stereocenters. The van der Waals surface area contributed by atoms with Crippen molar-refractivity contribution >= 4 is 57.4 Å². The van der Waals surface area contributed by atoms with Crippen LogP contribution >= 0.6 is 0 Å². The zero-order chi connectivity index (χ0) is 46.0. The molecule has 0 N–H and O–H groups in total. The molecule has 0 aromatic heterocycles. The summed E-state index contributed by atoms with van der Waals surface area (Å²) in [6.45, 7) is 0. The molecule has 0 amide bonds. The first-order valence-corrected chi connectivity index (χ1v) is 21.5. The van der Waals surface area contributed by atoms with Gasteiger partial charge in [-0.1, -0.05) is 133 Å². The predicted octanol–water partition coefficient (Wildman–Crippen LogP) is 14.8. The van der Waals surface area contributed by atoms with Gasteiger partial charge in [-0.05, 0) is 125 Å². The van der Waals surface area contributed by atoms with E-state index in [9.17, 15) is 21.0 Å². The van der Waals surface area contributed by atoms with Gasteiger partial charge in [-0.3, -0.25) is 0 Å². The molecule has 7 heteroatoms. The van der Waals surface area contributed by atoms with E-state index >= 15 is 0 Å². The molecule has 314 valence electrons. The topological polar surface area (TPSA) is 111 Å². The second-order valence-electron chi connectivity index (χ2n) is 15.4. The zero-order valence-corrected chi connectivity index (χ0v) is 36.0. The summed E-state index contributed by atoms with van der Waals surface area (Å²) < 4.78 is 6.55. The molecule has 0 saturated carbocycles. The minimum absolute atomic E-state index is 0.136. The number of anilines is 6. The molecule has 67 heavy (non-hydrogen) atoms. The fourth-order valence-electron chi connectivity index (χ4n) is 8.28. The van der Waals surface area contributed by atoms with E-state index in [4.69, 9.17) is 4.74 Å². The minimum atomic E-state index is -0.136. The number of allylic oxidation sites excluding steroid dienone is 10. The molecule has 0 fully saturated rings. The summed E-state index contributed by atoms with van der Waals surface area (Å²) in [7, 11) is 0. The summed E-state index contributed by atoms with van der Waals surface area (Å²) in [5, 5.41) is 41.1. The van der Waals surface area contributed by atoms with Gasteiger partial charge in [0.1, 0.15) is 46.9 Å². The smallest absolute Gasteiger partial charge is 0.138 e. The van der Waals surface area contributed by atoms with Gasteiger partial charge in [0.25, 0.3) is 0 Å². The summed E-state index contributed by atoms with van der Waals surface area (Å²) in [6, 6.07) is 72.8. The maximum absolute atomic E-state index is 10.3. The third-order valence-corrected chi connectivity index (χ3v) is 11.3. The number of hydrogen-bond acceptors (Lipinski definition) is 7. The van der Waals surface area contributed by atoms with E-state index in [-0.39, 0.29) is 11.1 Å². The van der Waals surface area contributed by atoms with Gasteiger partial charge >= 0.3 is 0 Å². The van der Waals surface area contributed by atoms with Gasteiger partial charge in [0.05, 0.1) is 0 Å². The summed E-state index contributed by atoms with van der Waals surface area (Å²) >= 11 is 0. The van der Waals surface area contributed by atoms with Gasteiger partial charge in [-0.25, -0.2) is 0 Å². The van der Waals surface area contributed by atoms with E-state index in [0.717, 1.165) is 45.3 Å². The minimum Gasteiger partial charge on any atom is -0.457 e. The molecule has 0 saturated heterocycles. The van der Waals surface area contributed by atoms with E-state index in [2.05, 4.69) is 107 Å². The maximum Gasteiger partial charge on any atom is 0.138 e. The van der Waals surface area contributed by atoms with Crippen molar-refractivity contribution in [3.05, 3.63) is 274 Å². The largest absolute Gasteiger partial charge is 0.457 e. The predicted molar refractivity (Wildman–Crippen MR) is 267 cm³/mol. The van der Waals surface area contributed by atoms with Crippen molar-refractivity contribution in [2.75, 3.05) is 9.80 Å². The van der Waals surface area contributed by atoms with Crippen LogP contribution in [0.3, 0.4) is 0 Å². The Labute approximate surface area is 390 Å². The van der Waals surface area contributed by atoms with E-state index < -0.39 is 0 Å². The Morgan fingerprint density at radius 3 is 0.970 bits per heavy atom. The first kappa shape index (κ1) is 42.4. The molecule has 7 aromatic carbocycles. The summed E-state index contributed by atoms with van der Waals surface area (Å²) in [6.07, 6.45) is 11.2. The van der Waals surface area contributed by atoms with Crippen molar-refractivity contribution in [1.29, 1.82) is 21.0 Å². The Bertz CT molecular complexity index is 3030. The van der Waals surface area contributed by atoms with Crippen LogP contribution in [0.2, 0.25) is 0 Å². The highest BCUT2D eigenvalue weighted by Crippen LogP contribution is 2.50. The van der Waals surface area contributed by atoms with Crippen molar-refractivity contribution in [3.8, 4) is 24.3 Å². The van der Waals surface area contributed by atoms with Crippen LogP contribution in [0.1, 0.15) is 22.3 Å². The lowest BCUT2D eigenvalue weighted by atomic mass is 9.90. The van der Waals surface area contributed by atoms with Crippen molar-refractivity contribution < 1.29 is 4.74 Å². The number of nitrogens with zero attached hydrogens (tertiary/aromatic N) is 6. The Morgan fingerprint density at radius 2 is 0.657 bits per heavy atom. The highest BCUT2D eigenvalue weighted by molar-refractivity contribution is 6.13. The molecular weight excluding hydrogens is 821 g/mol. The number of hydrogen-bond donors (Lipinski definition) is 0. The van der Waals surface area contributed by atoms with Crippen molar-refractivity contribution in [2.45, 2.75) is 0 Å². The SMILES string of the molecule is N#CC(C#N)=C1C(=C2C=C(/C=C/c3ccc(N(c4ccccc4)c4ccccc4)cc3)OC(/C=C/c3ccc(N(c4ccccc4)c4ccccc4)cc3)=C2)C(=C(C#N)C#N)c2ccccc21. The number of para-hydroxylation sites is 4. The lowest BCUT2D eigenvalue weighted by molar-refractivity contribution is 0.332. The second-order valence-corrected chi connectivity index (χ2v) is 15.4. The quantitative estimate of drug-likeness (QED) is 0.126. The molecule has 1 aliphatic heterocycles. The average molecular weight is 859 g/mol. The number of fused-ring (bicyclic) bond motifs is 1. The van der Waals surface area contributed by atoms with Crippen molar-refractivity contribution in [2.24, 2.45) is 0 Å². The lowest BCUT2D eigenvalue weighted by Gasteiger charge is -2.25. The number of rotatable bonds is 10. The zero-order valence-electron chi connectivity index (χ0n) is 36.0. The summed E-state index contributed by atoms with van der Waals surface area (Å²) in [5.41, 5.74) is 10.5. The van der Waals surface area contributed by atoms with Crippen LogP contribution in [0.15, 0.2) is 252 Å². The van der Waals surface area contributed by atoms with Gasteiger partial charge in [0.15, 0.2) is 0 Å². The average Bonchev–Trinajstić information content (AvgIpc) is 3.73. The number of benzene rings is 7. The highest BCUT2D eigenvalue weighted by Gasteiger charge is 2.34. The summed E-state index contributed by atoms with van der Waals surface area (Å²) in [4.78, 5) is 4.39. The Morgan fingerprint density at radius 1 is 0.358 bits per heavy atom. The molecule has 0 atom stereocenters. The van der Waals surface area contributed by atoms with Crippen molar-refractivity contribution in [3.63, 3.8) is 0 Å². The molecule has 1 aliphatic carbocycles. The van der Waals surface area contributed by atoms with E-state index in [1.54, 1.807) is 24.3 Å². The van der Waals surface area contributed by atoms with E-state index in [1.807, 2.05) is 134 Å². The first-order valence-electron chi connectivity index (χ1n) is 21.5. The van der Waals surface area contributed by atoms with Gasteiger partial charge < -0.3 is 14.5 Å². The molecule has 0 spiro atoms. The molecule has 0 bridgehead atoms. The fraction of sp³-hybridized carbons (Fsp3) is 0. The van der Waals surface area contributed by atoms with E-state index in [0.29, 0.717) is 44.9 Å². The van der Waals surface area contributed by atoms with Gasteiger partial charge in [-0.2, -0.15) is 21.0 Å². The van der Waals surface area contributed by atoms with Crippen LogP contribution < -0.4 is 9.80 Å². The van der Waals surface area contributed by atoms with Crippen molar-refractivity contribution in [1.82, 2.24) is 0 Å². The maximum atomic E-state index is 10.3. The molecule has 7 nitrogen and oxygen atoms in total. The van der Waals surface area contributed by atoms with Crippen LogP contribution in [-0.4, -0.2) is 0 Å². The molecule has 0 radical (unpaired) electrons. The van der Waals surface area contributed by atoms with Gasteiger partial charge in [-0.15, -0.1) is 0 Å². The fourth-order valence-corrected chi connectivity index (χ4v) is 8.28. The van der Waals surface area contributed by atoms with E-state index in [1.165, 1.54) is 0 Å². The summed E-state index contributed by atoms with van der Waals surface area (Å²) in [5.74, 6) is 0.919. The lowest BCUT2D eigenvalue weighted by Crippen LogP contribution is -2.09. The third-order valence-electron chi connectivity index (χ3n) is 11.3. The Kier molecular flexibility index (Phi) is 12.4. The van der Waals surface area contributed by atoms with Crippen LogP contribution in [-0.2, 0) is 4.74 Å². The Hall–Kier alpha value is -9.92. The van der Waals surface area contributed by atoms with Crippen LogP contribution in [0, 0.1) is 45.3 Å². The molecule has 9 rings (SSSR count). The monoisotopic (exact) mass is 858 g/mol. The normalized spacial score (nSPS) is 12.8. The molecular formula is C60H38N6O. The molecule has 1 heterocycles. The molecule has 2 aliphatic rings. The van der Waals surface area contributed by atoms with Crippen LogP contribution in [0.4, 0.5) is 34.1 Å². The second kappa shape index (κ2) is 19.6. The number of nitriles is 4. The van der Waals surface area contributed by atoms with Gasteiger partial charge in [0, 0.05) is 50.8 Å². The highest BCUT2D eigenvalue weighted by atomic mass is 16.5.